The second-order valence-electron chi connectivity index (χ2n) is 6.39. The summed E-state index contributed by atoms with van der Waals surface area (Å²) >= 11 is 0. The Morgan fingerprint density at radius 1 is 1.20 bits per heavy atom. The van der Waals surface area contributed by atoms with E-state index in [0.29, 0.717) is 12.0 Å². The lowest BCUT2D eigenvalue weighted by Crippen LogP contribution is -2.49. The van der Waals surface area contributed by atoms with Crippen molar-refractivity contribution < 1.29 is 8.78 Å². The predicted molar refractivity (Wildman–Crippen MR) is 76.9 cm³/mol. The number of nitrogens with zero attached hydrogens (tertiary/aromatic N) is 1. The van der Waals surface area contributed by atoms with Crippen molar-refractivity contribution in [2.75, 3.05) is 24.5 Å². The van der Waals surface area contributed by atoms with Gasteiger partial charge in [-0.3, -0.25) is 0 Å². The lowest BCUT2D eigenvalue weighted by atomic mass is 9.95. The molecule has 0 bridgehead atoms. The lowest BCUT2D eigenvalue weighted by Gasteiger charge is -2.38. The molecule has 2 unspecified atom stereocenters. The Kier molecular flexibility index (Phi) is 3.92. The molecule has 2 aliphatic rings. The number of hydrogen-bond donors (Lipinski definition) is 1. The summed E-state index contributed by atoms with van der Waals surface area (Å²) < 4.78 is 26.4. The smallest absolute Gasteiger partial charge is 0.160 e. The highest BCUT2D eigenvalue weighted by atomic mass is 19.2. The summed E-state index contributed by atoms with van der Waals surface area (Å²) in [6.07, 6.45) is 3.86. The summed E-state index contributed by atoms with van der Waals surface area (Å²) in [4.78, 5) is 2.17. The van der Waals surface area contributed by atoms with Gasteiger partial charge in [0, 0.05) is 30.9 Å². The summed E-state index contributed by atoms with van der Waals surface area (Å²) in [6.45, 7) is 5.11. The first-order valence-corrected chi connectivity index (χ1v) is 7.55. The molecule has 1 saturated carbocycles. The topological polar surface area (TPSA) is 15.3 Å². The quantitative estimate of drug-likeness (QED) is 0.911. The van der Waals surface area contributed by atoms with Crippen LogP contribution >= 0.6 is 0 Å². The van der Waals surface area contributed by atoms with Crippen LogP contribution in [0.1, 0.15) is 26.2 Å². The molecule has 4 heteroatoms. The second-order valence-corrected chi connectivity index (χ2v) is 6.39. The Labute approximate surface area is 119 Å². The first kappa shape index (κ1) is 13.8. The zero-order chi connectivity index (χ0) is 14.1. The van der Waals surface area contributed by atoms with E-state index in [2.05, 4.69) is 17.1 Å². The van der Waals surface area contributed by atoms with E-state index >= 15 is 0 Å². The average molecular weight is 280 g/mol. The van der Waals surface area contributed by atoms with Gasteiger partial charge in [0.15, 0.2) is 11.6 Å². The number of piperidine rings is 1. The molecule has 20 heavy (non-hydrogen) atoms. The molecule has 110 valence electrons. The maximum atomic E-state index is 13.4. The lowest BCUT2D eigenvalue weighted by molar-refractivity contribution is 0.347. The number of hydrogen-bond acceptors (Lipinski definition) is 2. The normalized spacial score (nSPS) is 26.9. The van der Waals surface area contributed by atoms with Crippen LogP contribution in [0.15, 0.2) is 18.2 Å². The third-order valence-corrected chi connectivity index (χ3v) is 4.32. The number of halogens is 2. The van der Waals surface area contributed by atoms with Crippen LogP contribution in [0.2, 0.25) is 0 Å². The summed E-state index contributed by atoms with van der Waals surface area (Å²) in [5.74, 6) is -0.108. The van der Waals surface area contributed by atoms with Crippen LogP contribution < -0.4 is 10.2 Å². The van der Waals surface area contributed by atoms with Gasteiger partial charge in [0.05, 0.1) is 0 Å². The molecule has 1 aliphatic carbocycles. The molecule has 2 fully saturated rings. The zero-order valence-corrected chi connectivity index (χ0v) is 11.9. The van der Waals surface area contributed by atoms with Gasteiger partial charge in [-0.05, 0) is 49.8 Å². The van der Waals surface area contributed by atoms with Gasteiger partial charge in [0.2, 0.25) is 0 Å². The molecule has 2 atom stereocenters. The molecular formula is C16H22F2N2. The molecule has 1 aromatic carbocycles. The average Bonchev–Trinajstić information content (AvgIpc) is 3.23. The van der Waals surface area contributed by atoms with Crippen LogP contribution in [0.5, 0.6) is 0 Å². The van der Waals surface area contributed by atoms with Gasteiger partial charge in [0.1, 0.15) is 0 Å². The monoisotopic (exact) mass is 280 g/mol. The molecule has 3 rings (SSSR count). The molecule has 1 heterocycles. The van der Waals surface area contributed by atoms with Crippen LogP contribution in [0, 0.1) is 23.5 Å². The zero-order valence-electron chi connectivity index (χ0n) is 11.9. The third kappa shape index (κ3) is 3.29. The SMILES string of the molecule is CC1CC(NCC2CC2)CN(c2ccc(F)c(F)c2)C1. The van der Waals surface area contributed by atoms with Crippen molar-refractivity contribution in [3.8, 4) is 0 Å². The van der Waals surface area contributed by atoms with Gasteiger partial charge in [-0.2, -0.15) is 0 Å². The van der Waals surface area contributed by atoms with Crippen molar-refractivity contribution in [2.45, 2.75) is 32.2 Å². The van der Waals surface area contributed by atoms with Gasteiger partial charge in [0.25, 0.3) is 0 Å². The summed E-state index contributed by atoms with van der Waals surface area (Å²) in [6, 6.07) is 4.66. The van der Waals surface area contributed by atoms with E-state index in [1.54, 1.807) is 6.07 Å². The summed E-state index contributed by atoms with van der Waals surface area (Å²) in [5.41, 5.74) is 0.786. The molecule has 0 amide bonds. The van der Waals surface area contributed by atoms with Gasteiger partial charge in [-0.15, -0.1) is 0 Å². The van der Waals surface area contributed by atoms with Crippen LogP contribution in [0.25, 0.3) is 0 Å². The van der Waals surface area contributed by atoms with E-state index in [0.717, 1.165) is 37.7 Å². The first-order valence-electron chi connectivity index (χ1n) is 7.55. The molecular weight excluding hydrogens is 258 g/mol. The maximum absolute atomic E-state index is 13.4. The fraction of sp³-hybridized carbons (Fsp3) is 0.625. The van der Waals surface area contributed by atoms with Crippen molar-refractivity contribution in [3.05, 3.63) is 29.8 Å². The standard InChI is InChI=1S/C16H22F2N2/c1-11-6-13(19-8-12-2-3-12)10-20(9-11)14-4-5-15(17)16(18)7-14/h4-5,7,11-13,19H,2-3,6,8-10H2,1H3. The van der Waals surface area contributed by atoms with E-state index in [1.165, 1.54) is 25.0 Å². The van der Waals surface area contributed by atoms with Crippen molar-refractivity contribution in [2.24, 2.45) is 11.8 Å². The van der Waals surface area contributed by atoms with Crippen molar-refractivity contribution in [3.63, 3.8) is 0 Å². The molecule has 0 radical (unpaired) electrons. The van der Waals surface area contributed by atoms with E-state index < -0.39 is 11.6 Å². The summed E-state index contributed by atoms with van der Waals surface area (Å²) in [5, 5.41) is 3.63. The van der Waals surface area contributed by atoms with Crippen LogP contribution in [0.4, 0.5) is 14.5 Å². The summed E-state index contributed by atoms with van der Waals surface area (Å²) in [7, 11) is 0. The Balaban J connectivity index is 1.66. The molecule has 2 nitrogen and oxygen atoms in total. The van der Waals surface area contributed by atoms with Gasteiger partial charge < -0.3 is 10.2 Å². The molecule has 1 N–H and O–H groups in total. The van der Waals surface area contributed by atoms with Crippen LogP contribution in [-0.2, 0) is 0 Å². The molecule has 1 aliphatic heterocycles. The number of rotatable bonds is 4. The maximum Gasteiger partial charge on any atom is 0.160 e. The largest absolute Gasteiger partial charge is 0.370 e. The molecule has 0 aromatic heterocycles. The van der Waals surface area contributed by atoms with E-state index in [9.17, 15) is 8.78 Å². The highest BCUT2D eigenvalue weighted by Gasteiger charge is 2.27. The minimum absolute atomic E-state index is 0.451. The Hall–Kier alpha value is -1.16. The van der Waals surface area contributed by atoms with Crippen LogP contribution in [-0.4, -0.2) is 25.7 Å². The number of nitrogens with one attached hydrogen (secondary N) is 1. The highest BCUT2D eigenvalue weighted by Crippen LogP contribution is 2.29. The minimum Gasteiger partial charge on any atom is -0.370 e. The van der Waals surface area contributed by atoms with E-state index in [1.807, 2.05) is 0 Å². The van der Waals surface area contributed by atoms with Crippen molar-refractivity contribution >= 4 is 5.69 Å². The first-order chi connectivity index (χ1) is 9.61. The number of benzene rings is 1. The highest BCUT2D eigenvalue weighted by molar-refractivity contribution is 5.47. The number of anilines is 1. The third-order valence-electron chi connectivity index (χ3n) is 4.32. The fourth-order valence-corrected chi connectivity index (χ4v) is 3.05. The van der Waals surface area contributed by atoms with Gasteiger partial charge in [-0.25, -0.2) is 8.78 Å². The van der Waals surface area contributed by atoms with E-state index in [-0.39, 0.29) is 0 Å². The van der Waals surface area contributed by atoms with Crippen LogP contribution in [0.3, 0.4) is 0 Å². The Morgan fingerprint density at radius 2 is 2.00 bits per heavy atom. The molecule has 1 aromatic rings. The minimum atomic E-state index is -0.776. The Morgan fingerprint density at radius 3 is 2.70 bits per heavy atom. The van der Waals surface area contributed by atoms with Gasteiger partial charge >= 0.3 is 0 Å². The van der Waals surface area contributed by atoms with Crippen molar-refractivity contribution in [1.82, 2.24) is 5.32 Å². The second kappa shape index (κ2) is 5.68. The predicted octanol–water partition coefficient (Wildman–Crippen LogP) is 3.18. The van der Waals surface area contributed by atoms with Gasteiger partial charge in [-0.1, -0.05) is 6.92 Å². The molecule has 1 saturated heterocycles. The van der Waals surface area contributed by atoms with E-state index in [4.69, 9.17) is 0 Å². The molecule has 0 spiro atoms. The fourth-order valence-electron chi connectivity index (χ4n) is 3.05. The van der Waals surface area contributed by atoms with Crippen molar-refractivity contribution in [1.29, 1.82) is 0 Å². The Bertz CT molecular complexity index is 474.